The molecule has 19 heavy (non-hydrogen) atoms. The predicted molar refractivity (Wildman–Crippen MR) is 74.1 cm³/mol. The molecule has 0 unspecified atom stereocenters. The van der Waals surface area contributed by atoms with Gasteiger partial charge in [-0.2, -0.15) is 0 Å². The van der Waals surface area contributed by atoms with E-state index in [0.29, 0.717) is 11.1 Å². The van der Waals surface area contributed by atoms with Gasteiger partial charge in [-0.15, -0.1) is 0 Å². The Morgan fingerprint density at radius 3 is 1.84 bits per heavy atom. The lowest BCUT2D eigenvalue weighted by molar-refractivity contribution is 0.0814. The minimum absolute atomic E-state index is 0.153. The van der Waals surface area contributed by atoms with Crippen molar-refractivity contribution in [1.82, 2.24) is 4.42 Å². The molecule has 0 spiro atoms. The molecule has 0 aliphatic rings. The zero-order chi connectivity index (χ0) is 13.7. The van der Waals surface area contributed by atoms with E-state index in [0.717, 1.165) is 4.42 Å². The van der Waals surface area contributed by atoms with Crippen LogP contribution in [0.1, 0.15) is 20.7 Å². The second kappa shape index (κ2) is 6.16. The maximum absolute atomic E-state index is 12.0. The van der Waals surface area contributed by atoms with E-state index < -0.39 is 0 Å². The summed E-state index contributed by atoms with van der Waals surface area (Å²) >= 11 is 5.87. The molecular weight excluding hydrogens is 262 g/mol. The number of halogens is 1. The van der Waals surface area contributed by atoms with Gasteiger partial charge in [-0.3, -0.25) is 9.59 Å². The zero-order valence-corrected chi connectivity index (χ0v) is 10.9. The number of Topliss-reactive ketones (excluding diaryl/α,β-unsaturated/α-hetero) is 1. The van der Waals surface area contributed by atoms with Crippen molar-refractivity contribution in [3.63, 3.8) is 0 Å². The van der Waals surface area contributed by atoms with Crippen LogP contribution in [0.3, 0.4) is 0 Å². The van der Waals surface area contributed by atoms with Gasteiger partial charge in [0.25, 0.3) is 5.91 Å². The number of carbonyl (C=O) groups is 2. The minimum Gasteiger partial charge on any atom is -0.292 e. The monoisotopic (exact) mass is 273 g/mol. The van der Waals surface area contributed by atoms with Crippen molar-refractivity contribution in [3.8, 4) is 0 Å². The first-order valence-corrected chi connectivity index (χ1v) is 6.13. The molecule has 4 heteroatoms. The van der Waals surface area contributed by atoms with Crippen LogP contribution in [0.4, 0.5) is 0 Å². The molecule has 0 fully saturated rings. The van der Waals surface area contributed by atoms with Crippen molar-refractivity contribution in [1.29, 1.82) is 0 Å². The van der Waals surface area contributed by atoms with Crippen molar-refractivity contribution < 1.29 is 9.59 Å². The summed E-state index contributed by atoms with van der Waals surface area (Å²) in [6.07, 6.45) is 0. The van der Waals surface area contributed by atoms with Crippen LogP contribution in [0.5, 0.6) is 0 Å². The molecular formula is C15H12ClNO2. The lowest BCUT2D eigenvalue weighted by Gasteiger charge is -2.13. The molecule has 0 saturated heterocycles. The zero-order valence-electron chi connectivity index (χ0n) is 10.1. The van der Waals surface area contributed by atoms with Gasteiger partial charge in [-0.1, -0.05) is 48.5 Å². The summed E-state index contributed by atoms with van der Waals surface area (Å²) in [5.41, 5.74) is 0.993. The topological polar surface area (TPSA) is 37.4 Å². The molecule has 96 valence electrons. The predicted octanol–water partition coefficient (Wildman–Crippen LogP) is 3.17. The quantitative estimate of drug-likeness (QED) is 0.634. The molecule has 0 heterocycles. The van der Waals surface area contributed by atoms with Crippen LogP contribution in [0.2, 0.25) is 0 Å². The summed E-state index contributed by atoms with van der Waals surface area (Å²) in [6, 6.07) is 17.4. The van der Waals surface area contributed by atoms with Crippen LogP contribution < -0.4 is 0 Å². The standard InChI is InChI=1S/C15H12ClNO2/c16-17(15(19)13-9-5-2-6-10-13)11-14(18)12-7-3-1-4-8-12/h1-10H,11H2. The molecule has 0 aliphatic heterocycles. The number of nitrogens with zero attached hydrogens (tertiary/aromatic N) is 1. The third kappa shape index (κ3) is 3.42. The van der Waals surface area contributed by atoms with Crippen LogP contribution in [0.25, 0.3) is 0 Å². The highest BCUT2D eigenvalue weighted by molar-refractivity contribution is 6.25. The molecule has 0 aliphatic carbocycles. The molecule has 3 nitrogen and oxygen atoms in total. The largest absolute Gasteiger partial charge is 0.292 e. The van der Waals surface area contributed by atoms with Gasteiger partial charge in [0.15, 0.2) is 5.78 Å². The Bertz CT molecular complexity index is 569. The Morgan fingerprint density at radius 1 is 0.842 bits per heavy atom. The van der Waals surface area contributed by atoms with Gasteiger partial charge in [-0.05, 0) is 12.1 Å². The van der Waals surface area contributed by atoms with Gasteiger partial charge in [0.05, 0.1) is 0 Å². The highest BCUT2D eigenvalue weighted by Crippen LogP contribution is 2.09. The highest BCUT2D eigenvalue weighted by Gasteiger charge is 2.17. The van der Waals surface area contributed by atoms with E-state index in [1.165, 1.54) is 0 Å². The van der Waals surface area contributed by atoms with Crippen molar-refractivity contribution >= 4 is 23.5 Å². The van der Waals surface area contributed by atoms with Crippen molar-refractivity contribution in [2.24, 2.45) is 0 Å². The molecule has 0 saturated carbocycles. The third-order valence-electron chi connectivity index (χ3n) is 2.62. The number of hydrogen-bond donors (Lipinski definition) is 0. The van der Waals surface area contributed by atoms with E-state index in [-0.39, 0.29) is 18.2 Å². The number of carbonyl (C=O) groups excluding carboxylic acids is 2. The second-order valence-corrected chi connectivity index (χ2v) is 4.39. The Hall–Kier alpha value is -2.13. The molecule has 2 rings (SSSR count). The first kappa shape index (κ1) is 13.3. The molecule has 0 N–H and O–H groups in total. The average molecular weight is 274 g/mol. The van der Waals surface area contributed by atoms with Crippen LogP contribution in [0, 0.1) is 0 Å². The van der Waals surface area contributed by atoms with E-state index in [1.54, 1.807) is 48.5 Å². The molecule has 0 bridgehead atoms. The normalized spacial score (nSPS) is 9.95. The van der Waals surface area contributed by atoms with Gasteiger partial charge in [0.1, 0.15) is 6.54 Å². The smallest absolute Gasteiger partial charge is 0.268 e. The van der Waals surface area contributed by atoms with Gasteiger partial charge in [0, 0.05) is 22.9 Å². The lowest BCUT2D eigenvalue weighted by Crippen LogP contribution is -2.27. The number of ketones is 1. The van der Waals surface area contributed by atoms with Crippen LogP contribution in [-0.2, 0) is 0 Å². The molecule has 0 aromatic heterocycles. The fourth-order valence-electron chi connectivity index (χ4n) is 1.63. The van der Waals surface area contributed by atoms with Gasteiger partial charge in [0.2, 0.25) is 0 Å². The summed E-state index contributed by atoms with van der Waals surface area (Å²) in [7, 11) is 0. The van der Waals surface area contributed by atoms with Crippen molar-refractivity contribution in [2.45, 2.75) is 0 Å². The molecule has 0 atom stereocenters. The van der Waals surface area contributed by atoms with E-state index in [9.17, 15) is 9.59 Å². The number of amides is 1. The second-order valence-electron chi connectivity index (χ2n) is 3.98. The Labute approximate surface area is 116 Å². The Kier molecular flexibility index (Phi) is 4.31. The fraction of sp³-hybridized carbons (Fsp3) is 0.0667. The molecule has 1 amide bonds. The maximum atomic E-state index is 12.0. The van der Waals surface area contributed by atoms with Crippen LogP contribution in [-0.4, -0.2) is 22.7 Å². The summed E-state index contributed by atoms with van der Waals surface area (Å²) < 4.78 is 0.907. The van der Waals surface area contributed by atoms with Crippen LogP contribution in [0.15, 0.2) is 60.7 Å². The number of benzene rings is 2. The Morgan fingerprint density at radius 2 is 1.32 bits per heavy atom. The first-order valence-electron chi connectivity index (χ1n) is 5.79. The van der Waals surface area contributed by atoms with E-state index in [2.05, 4.69) is 0 Å². The summed E-state index contributed by atoms with van der Waals surface area (Å²) in [6.45, 7) is -0.153. The average Bonchev–Trinajstić information content (AvgIpc) is 2.48. The Balaban J connectivity index is 2.04. The number of hydrogen-bond acceptors (Lipinski definition) is 2. The molecule has 0 radical (unpaired) electrons. The van der Waals surface area contributed by atoms with Gasteiger partial charge >= 0.3 is 0 Å². The van der Waals surface area contributed by atoms with Crippen LogP contribution >= 0.6 is 11.8 Å². The summed E-state index contributed by atoms with van der Waals surface area (Å²) in [5.74, 6) is -0.577. The summed E-state index contributed by atoms with van der Waals surface area (Å²) in [5, 5.41) is 0. The van der Waals surface area contributed by atoms with E-state index >= 15 is 0 Å². The van der Waals surface area contributed by atoms with Gasteiger partial charge < -0.3 is 0 Å². The van der Waals surface area contributed by atoms with Crippen molar-refractivity contribution in [3.05, 3.63) is 71.8 Å². The number of rotatable bonds is 4. The fourth-order valence-corrected chi connectivity index (χ4v) is 1.84. The maximum Gasteiger partial charge on any atom is 0.268 e. The van der Waals surface area contributed by atoms with Crippen molar-refractivity contribution in [2.75, 3.05) is 6.54 Å². The third-order valence-corrected chi connectivity index (χ3v) is 2.89. The molecule has 2 aromatic carbocycles. The van der Waals surface area contributed by atoms with Gasteiger partial charge in [-0.25, -0.2) is 4.42 Å². The minimum atomic E-state index is -0.383. The summed E-state index contributed by atoms with van der Waals surface area (Å²) in [4.78, 5) is 23.9. The van der Waals surface area contributed by atoms with E-state index in [4.69, 9.17) is 11.8 Å². The lowest BCUT2D eigenvalue weighted by atomic mass is 10.1. The molecule has 2 aromatic rings. The van der Waals surface area contributed by atoms with E-state index in [1.807, 2.05) is 12.1 Å². The SMILES string of the molecule is O=C(CN(Cl)C(=O)c1ccccc1)c1ccccc1. The first-order chi connectivity index (χ1) is 9.18. The highest BCUT2D eigenvalue weighted by atomic mass is 35.5.